The van der Waals surface area contributed by atoms with Gasteiger partial charge in [0.15, 0.2) is 17.2 Å². The quantitative estimate of drug-likeness (QED) is 0.509. The van der Waals surface area contributed by atoms with Gasteiger partial charge in [0, 0.05) is 26.7 Å². The number of hydrogen-bond acceptors (Lipinski definition) is 8. The molecule has 4 heterocycles. The lowest BCUT2D eigenvalue weighted by Gasteiger charge is -2.21. The van der Waals surface area contributed by atoms with Crippen molar-refractivity contribution in [3.8, 4) is 5.75 Å². The predicted octanol–water partition coefficient (Wildman–Crippen LogP) is 1.99. The van der Waals surface area contributed by atoms with Crippen LogP contribution in [0.5, 0.6) is 5.75 Å². The molecule has 3 N–H and O–H groups in total. The average molecular weight is 447 g/mol. The Labute approximate surface area is 190 Å². The zero-order valence-electron chi connectivity index (χ0n) is 18.5. The van der Waals surface area contributed by atoms with Crippen molar-refractivity contribution >= 4 is 34.7 Å². The van der Waals surface area contributed by atoms with Gasteiger partial charge in [-0.2, -0.15) is 0 Å². The largest absolute Gasteiger partial charge is 0.491 e. The Morgan fingerprint density at radius 2 is 2.18 bits per heavy atom. The number of carbonyl (C=O) groups excluding carboxylic acids is 2. The van der Waals surface area contributed by atoms with Crippen molar-refractivity contribution in [2.45, 2.75) is 25.3 Å². The molecule has 0 bridgehead atoms. The van der Waals surface area contributed by atoms with Crippen molar-refractivity contribution in [2.75, 3.05) is 37.9 Å². The number of rotatable bonds is 5. The summed E-state index contributed by atoms with van der Waals surface area (Å²) in [7, 11) is 3.60. The molecule has 2 aliphatic rings. The van der Waals surface area contributed by atoms with E-state index in [1.54, 1.807) is 11.9 Å². The second-order valence-corrected chi connectivity index (χ2v) is 8.17. The second-order valence-electron chi connectivity index (χ2n) is 8.17. The predicted molar refractivity (Wildman–Crippen MR) is 124 cm³/mol. The van der Waals surface area contributed by atoms with Crippen molar-refractivity contribution in [3.05, 3.63) is 47.4 Å². The summed E-state index contributed by atoms with van der Waals surface area (Å²) in [5.41, 5.74) is 3.93. The number of fused-ring (bicyclic) bond motifs is 2. The van der Waals surface area contributed by atoms with Crippen LogP contribution in [0.1, 0.15) is 28.9 Å². The zero-order chi connectivity index (χ0) is 22.9. The van der Waals surface area contributed by atoms with Crippen molar-refractivity contribution in [3.63, 3.8) is 0 Å². The molecule has 0 radical (unpaired) electrons. The number of aromatic nitrogens is 3. The van der Waals surface area contributed by atoms with Crippen LogP contribution in [-0.4, -0.2) is 64.6 Å². The molecule has 0 unspecified atom stereocenters. The van der Waals surface area contributed by atoms with Gasteiger partial charge >= 0.3 is 0 Å². The highest BCUT2D eigenvalue weighted by Gasteiger charge is 2.29. The molecule has 0 aliphatic carbocycles. The minimum atomic E-state index is -0.386. The lowest BCUT2D eigenvalue weighted by atomic mass is 10.1. The first-order valence-electron chi connectivity index (χ1n) is 10.9. The summed E-state index contributed by atoms with van der Waals surface area (Å²) in [5.74, 6) is 2.95. The van der Waals surface area contributed by atoms with Crippen LogP contribution < -0.4 is 20.7 Å². The molecular weight excluding hydrogens is 422 g/mol. The first-order chi connectivity index (χ1) is 16.1. The molecule has 3 aromatic rings. The smallest absolute Gasteiger partial charge is 0.272 e. The number of anilines is 3. The summed E-state index contributed by atoms with van der Waals surface area (Å²) in [6.45, 7) is 1.36. The molecule has 0 saturated carbocycles. The number of likely N-dealkylation sites (tertiary alicyclic amines) is 1. The first-order valence-corrected chi connectivity index (χ1v) is 10.9. The van der Waals surface area contributed by atoms with Crippen LogP contribution >= 0.6 is 0 Å². The van der Waals surface area contributed by atoms with Gasteiger partial charge in [-0.25, -0.2) is 14.3 Å². The third kappa shape index (κ3) is 3.74. The van der Waals surface area contributed by atoms with Crippen LogP contribution in [0.2, 0.25) is 0 Å². The van der Waals surface area contributed by atoms with E-state index in [4.69, 9.17) is 4.74 Å². The minimum Gasteiger partial charge on any atom is -0.491 e. The molecule has 5 rings (SSSR count). The Balaban J connectivity index is 1.48. The lowest BCUT2D eigenvalue weighted by molar-refractivity contribution is 0.0936. The molecule has 1 fully saturated rings. The zero-order valence-corrected chi connectivity index (χ0v) is 18.5. The number of para-hydroxylation sites is 1. The highest BCUT2D eigenvalue weighted by molar-refractivity contribution is 5.94. The van der Waals surface area contributed by atoms with E-state index in [0.29, 0.717) is 42.4 Å². The number of aryl methyl sites for hydroxylation is 1. The topological polar surface area (TPSA) is 113 Å². The molecule has 10 nitrogen and oxygen atoms in total. The SMILES string of the molecule is CNc1cc(Nc2cccc3c2OCCC3)nn2c(C(=O)N[C@@H]3CCN(C)C3=C=O)cnc12. The Morgan fingerprint density at radius 3 is 3.00 bits per heavy atom. The molecule has 0 spiro atoms. The fourth-order valence-electron chi connectivity index (χ4n) is 4.36. The van der Waals surface area contributed by atoms with E-state index < -0.39 is 0 Å². The average Bonchev–Trinajstić information content (AvgIpc) is 3.41. The number of nitrogens with one attached hydrogen (secondary N) is 3. The molecule has 2 aromatic heterocycles. The number of amides is 1. The highest BCUT2D eigenvalue weighted by atomic mass is 16.5. The Morgan fingerprint density at radius 1 is 1.30 bits per heavy atom. The van der Waals surface area contributed by atoms with Crippen LogP contribution in [0.15, 0.2) is 36.2 Å². The highest BCUT2D eigenvalue weighted by Crippen LogP contribution is 2.35. The van der Waals surface area contributed by atoms with E-state index in [9.17, 15) is 9.59 Å². The molecule has 1 amide bonds. The van der Waals surface area contributed by atoms with E-state index in [2.05, 4.69) is 32.1 Å². The van der Waals surface area contributed by atoms with E-state index >= 15 is 0 Å². The standard InChI is InChI=1S/C23H25N7O3/c1-24-17-11-20(26-16-7-3-5-14-6-4-10-33-21(14)16)28-30-18(12-25-22(17)30)23(32)27-15-8-9-29(2)19(15)13-31/h3,5,7,11-12,15,24H,4,6,8-10H2,1-2H3,(H,26,28)(H,27,32)/t15-/m1/s1. The first kappa shape index (κ1) is 20.8. The fourth-order valence-corrected chi connectivity index (χ4v) is 4.36. The van der Waals surface area contributed by atoms with Crippen LogP contribution in [0.4, 0.5) is 17.2 Å². The number of ether oxygens (including phenoxy) is 1. The molecule has 2 aliphatic heterocycles. The molecule has 1 saturated heterocycles. The van der Waals surface area contributed by atoms with Gasteiger partial charge in [-0.1, -0.05) is 12.1 Å². The number of likely N-dealkylation sites (N-methyl/N-ethyl adjacent to an activating group) is 1. The number of nitrogens with zero attached hydrogens (tertiary/aromatic N) is 4. The maximum Gasteiger partial charge on any atom is 0.272 e. The summed E-state index contributed by atoms with van der Waals surface area (Å²) in [6.07, 6.45) is 4.10. The van der Waals surface area contributed by atoms with E-state index in [1.807, 2.05) is 31.2 Å². The molecule has 1 aromatic carbocycles. The molecule has 10 heteroatoms. The van der Waals surface area contributed by atoms with Gasteiger partial charge in [-0.05, 0) is 30.9 Å². The van der Waals surface area contributed by atoms with Crippen LogP contribution in [0, 0.1) is 0 Å². The number of hydrogen-bond donors (Lipinski definition) is 3. The van der Waals surface area contributed by atoms with Crippen LogP contribution in [-0.2, 0) is 11.2 Å². The van der Waals surface area contributed by atoms with Crippen molar-refractivity contribution in [1.82, 2.24) is 24.8 Å². The lowest BCUT2D eigenvalue weighted by Crippen LogP contribution is -2.36. The molecular formula is C23H25N7O3. The normalized spacial score (nSPS) is 17.3. The number of imidazole rings is 1. The van der Waals surface area contributed by atoms with Crippen molar-refractivity contribution in [1.29, 1.82) is 0 Å². The second kappa shape index (κ2) is 8.48. The van der Waals surface area contributed by atoms with E-state index in [-0.39, 0.29) is 17.6 Å². The van der Waals surface area contributed by atoms with Crippen molar-refractivity contribution < 1.29 is 14.3 Å². The Hall–Kier alpha value is -4.04. The molecule has 1 atom stereocenters. The van der Waals surface area contributed by atoms with Gasteiger partial charge in [-0.3, -0.25) is 4.79 Å². The van der Waals surface area contributed by atoms with Crippen molar-refractivity contribution in [2.24, 2.45) is 0 Å². The Kier molecular flexibility index (Phi) is 5.35. The summed E-state index contributed by atoms with van der Waals surface area (Å²) < 4.78 is 7.40. The number of carbonyl (C=O) groups is 1. The van der Waals surface area contributed by atoms with Crippen LogP contribution in [0.3, 0.4) is 0 Å². The summed E-state index contributed by atoms with van der Waals surface area (Å²) in [4.78, 5) is 30.6. The minimum absolute atomic E-state index is 0.274. The fraction of sp³-hybridized carbons (Fsp3) is 0.348. The van der Waals surface area contributed by atoms with Gasteiger partial charge in [0.1, 0.15) is 17.4 Å². The van der Waals surface area contributed by atoms with Gasteiger partial charge in [-0.15, -0.1) is 5.10 Å². The van der Waals surface area contributed by atoms with Gasteiger partial charge in [0.25, 0.3) is 5.91 Å². The molecule has 33 heavy (non-hydrogen) atoms. The van der Waals surface area contributed by atoms with Gasteiger partial charge < -0.3 is 25.6 Å². The summed E-state index contributed by atoms with van der Waals surface area (Å²) in [6, 6.07) is 7.45. The van der Waals surface area contributed by atoms with Crippen LogP contribution in [0.25, 0.3) is 5.65 Å². The van der Waals surface area contributed by atoms with Gasteiger partial charge in [0.05, 0.1) is 30.2 Å². The maximum atomic E-state index is 13.1. The molecule has 170 valence electrons. The Bertz CT molecular complexity index is 1280. The maximum absolute atomic E-state index is 13.1. The van der Waals surface area contributed by atoms with E-state index in [0.717, 1.165) is 29.8 Å². The van der Waals surface area contributed by atoms with E-state index in [1.165, 1.54) is 10.7 Å². The third-order valence-corrected chi connectivity index (χ3v) is 6.07. The third-order valence-electron chi connectivity index (χ3n) is 6.07. The monoisotopic (exact) mass is 447 g/mol. The summed E-state index contributed by atoms with van der Waals surface area (Å²) in [5, 5.41) is 14.0. The number of benzene rings is 1. The van der Waals surface area contributed by atoms with Gasteiger partial charge in [0.2, 0.25) is 0 Å². The summed E-state index contributed by atoms with van der Waals surface area (Å²) >= 11 is 0.